The van der Waals surface area contributed by atoms with Crippen molar-refractivity contribution in [3.05, 3.63) is 0 Å². The number of carbonyl (C=O) groups excluding carboxylic acids is 3. The summed E-state index contributed by atoms with van der Waals surface area (Å²) in [5, 5.41) is 0. The first kappa shape index (κ1) is 67.4. The lowest BCUT2D eigenvalue weighted by molar-refractivity contribution is -0.167. The van der Waals surface area contributed by atoms with E-state index in [1.807, 2.05) is 0 Å². The number of unbranched alkanes of at least 4 members (excludes halogenated alkanes) is 48. The van der Waals surface area contributed by atoms with Gasteiger partial charge in [0, 0.05) is 19.3 Å². The highest BCUT2D eigenvalue weighted by atomic mass is 16.6. The summed E-state index contributed by atoms with van der Waals surface area (Å²) in [6.45, 7) is 6.70. The molecule has 0 N–H and O–H groups in total. The first-order valence-corrected chi connectivity index (χ1v) is 31.5. The minimum absolute atomic E-state index is 0.0611. The zero-order chi connectivity index (χ0) is 50.0. The summed E-state index contributed by atoms with van der Waals surface area (Å²) in [5.74, 6) is -0.832. The first-order chi connectivity index (χ1) is 34.0. The molecule has 0 fully saturated rings. The minimum atomic E-state index is -0.761. The van der Waals surface area contributed by atoms with Crippen LogP contribution in [0.15, 0.2) is 0 Å². The number of ether oxygens (including phenoxy) is 3. The normalized spacial score (nSPS) is 11.9. The van der Waals surface area contributed by atoms with Crippen molar-refractivity contribution in [1.82, 2.24) is 0 Å². The Hall–Kier alpha value is -1.59. The molecule has 0 heterocycles. The fourth-order valence-electron chi connectivity index (χ4n) is 9.86. The second-order valence-electron chi connectivity index (χ2n) is 21.7. The quantitative estimate of drug-likeness (QED) is 0.0343. The topological polar surface area (TPSA) is 78.9 Å². The third-order valence-electron chi connectivity index (χ3n) is 14.6. The van der Waals surface area contributed by atoms with E-state index >= 15 is 0 Å². The Morgan fingerprint density at radius 3 is 0.580 bits per heavy atom. The molecular weight excluding hydrogens is 853 g/mol. The van der Waals surface area contributed by atoms with Gasteiger partial charge in [-0.3, -0.25) is 14.4 Å². The Labute approximate surface area is 431 Å². The molecule has 0 bridgehead atoms. The average molecular weight is 976 g/mol. The lowest BCUT2D eigenvalue weighted by atomic mass is 10.0. The fourth-order valence-corrected chi connectivity index (χ4v) is 9.86. The van der Waals surface area contributed by atoms with E-state index in [1.54, 1.807) is 0 Å². The lowest BCUT2D eigenvalue weighted by Crippen LogP contribution is -2.30. The maximum atomic E-state index is 12.8. The number of rotatable bonds is 59. The molecule has 0 aliphatic carbocycles. The zero-order valence-electron chi connectivity index (χ0n) is 47.1. The summed E-state index contributed by atoms with van der Waals surface area (Å²) >= 11 is 0. The first-order valence-electron chi connectivity index (χ1n) is 31.5. The van der Waals surface area contributed by atoms with Crippen molar-refractivity contribution in [3.63, 3.8) is 0 Å². The molecule has 1 atom stereocenters. The predicted molar refractivity (Wildman–Crippen MR) is 298 cm³/mol. The Bertz CT molecular complexity index is 1030. The van der Waals surface area contributed by atoms with Gasteiger partial charge in [-0.05, 0) is 19.3 Å². The van der Waals surface area contributed by atoms with Gasteiger partial charge in [0.2, 0.25) is 0 Å². The molecule has 6 nitrogen and oxygen atoms in total. The molecule has 410 valence electrons. The van der Waals surface area contributed by atoms with E-state index in [2.05, 4.69) is 20.8 Å². The zero-order valence-corrected chi connectivity index (χ0v) is 47.1. The van der Waals surface area contributed by atoms with Crippen LogP contribution in [-0.2, 0) is 28.6 Å². The maximum absolute atomic E-state index is 12.8. The molecule has 0 aromatic rings. The van der Waals surface area contributed by atoms with Gasteiger partial charge < -0.3 is 14.2 Å². The Balaban J connectivity index is 4.08. The second-order valence-corrected chi connectivity index (χ2v) is 21.7. The van der Waals surface area contributed by atoms with Crippen molar-refractivity contribution < 1.29 is 28.6 Å². The molecule has 0 aliphatic rings. The van der Waals surface area contributed by atoms with Gasteiger partial charge in [0.25, 0.3) is 0 Å². The highest BCUT2D eigenvalue weighted by molar-refractivity contribution is 5.71. The van der Waals surface area contributed by atoms with E-state index in [-0.39, 0.29) is 31.1 Å². The molecule has 0 amide bonds. The largest absolute Gasteiger partial charge is 0.462 e. The fraction of sp³-hybridized carbons (Fsp3) is 0.952. The van der Waals surface area contributed by atoms with E-state index in [0.717, 1.165) is 57.8 Å². The van der Waals surface area contributed by atoms with Gasteiger partial charge in [-0.1, -0.05) is 329 Å². The van der Waals surface area contributed by atoms with E-state index in [9.17, 15) is 14.4 Å². The van der Waals surface area contributed by atoms with Crippen LogP contribution < -0.4 is 0 Å². The summed E-state index contributed by atoms with van der Waals surface area (Å²) in [4.78, 5) is 38.1. The van der Waals surface area contributed by atoms with Crippen molar-refractivity contribution in [1.29, 1.82) is 0 Å². The molecule has 0 radical (unpaired) electrons. The van der Waals surface area contributed by atoms with Gasteiger partial charge in [0.15, 0.2) is 6.10 Å². The monoisotopic (exact) mass is 975 g/mol. The van der Waals surface area contributed by atoms with E-state index < -0.39 is 6.10 Å². The van der Waals surface area contributed by atoms with E-state index in [0.29, 0.717) is 19.3 Å². The van der Waals surface area contributed by atoms with Gasteiger partial charge in [-0.25, -0.2) is 0 Å². The predicted octanol–water partition coefficient (Wildman–Crippen LogP) is 21.1. The summed E-state index contributed by atoms with van der Waals surface area (Å²) in [5.41, 5.74) is 0. The van der Waals surface area contributed by atoms with Crippen molar-refractivity contribution in [2.75, 3.05) is 13.2 Å². The molecule has 0 spiro atoms. The van der Waals surface area contributed by atoms with Crippen LogP contribution in [0.1, 0.15) is 367 Å². The molecule has 1 unspecified atom stereocenters. The van der Waals surface area contributed by atoms with E-state index in [4.69, 9.17) is 14.2 Å². The summed E-state index contributed by atoms with van der Waals surface area (Å²) < 4.78 is 16.9. The maximum Gasteiger partial charge on any atom is 0.306 e. The molecule has 0 saturated carbocycles. The second kappa shape index (κ2) is 59.0. The molecule has 0 rings (SSSR count). The minimum Gasteiger partial charge on any atom is -0.462 e. The van der Waals surface area contributed by atoms with Crippen LogP contribution in [0.2, 0.25) is 0 Å². The molecular formula is C63H122O6. The summed E-state index contributed by atoms with van der Waals surface area (Å²) in [7, 11) is 0. The Morgan fingerprint density at radius 2 is 0.391 bits per heavy atom. The number of hydrogen-bond acceptors (Lipinski definition) is 6. The van der Waals surface area contributed by atoms with Crippen molar-refractivity contribution in [2.24, 2.45) is 0 Å². The third kappa shape index (κ3) is 57.2. The highest BCUT2D eigenvalue weighted by Crippen LogP contribution is 2.18. The molecule has 6 heteroatoms. The van der Waals surface area contributed by atoms with E-state index in [1.165, 1.54) is 270 Å². The third-order valence-corrected chi connectivity index (χ3v) is 14.6. The molecule has 0 saturated heterocycles. The summed E-state index contributed by atoms with van der Waals surface area (Å²) in [6.07, 6.45) is 67.0. The molecule has 0 aromatic carbocycles. The van der Waals surface area contributed by atoms with Gasteiger partial charge in [0.1, 0.15) is 13.2 Å². The van der Waals surface area contributed by atoms with Crippen LogP contribution in [0.3, 0.4) is 0 Å². The number of hydrogen-bond donors (Lipinski definition) is 0. The SMILES string of the molecule is CCCCCCCCCCCCCCCCCCCCCCCCCCCCCC(=O)OCC(COC(=O)CCCCCCCCCCCCCC)OC(=O)CCCCCCCCCCCCCC. The highest BCUT2D eigenvalue weighted by Gasteiger charge is 2.19. The van der Waals surface area contributed by atoms with Gasteiger partial charge >= 0.3 is 17.9 Å². The van der Waals surface area contributed by atoms with Gasteiger partial charge in [0.05, 0.1) is 0 Å². The van der Waals surface area contributed by atoms with Crippen LogP contribution >= 0.6 is 0 Å². The molecule has 0 aromatic heterocycles. The number of carbonyl (C=O) groups is 3. The molecule has 69 heavy (non-hydrogen) atoms. The summed E-state index contributed by atoms with van der Waals surface area (Å²) in [6, 6.07) is 0. The standard InChI is InChI=1S/C63H122O6/c1-4-7-10-13-16-19-22-25-26-27-28-29-30-31-32-33-34-35-36-37-38-39-42-44-47-50-53-56-62(65)68-59-60(69-63(66)57-54-51-48-45-41-24-21-18-15-12-9-6-3)58-67-61(64)55-52-49-46-43-40-23-20-17-14-11-8-5-2/h60H,4-59H2,1-3H3. The van der Waals surface area contributed by atoms with Crippen LogP contribution in [0.25, 0.3) is 0 Å². The molecule has 0 aliphatic heterocycles. The van der Waals surface area contributed by atoms with Crippen LogP contribution in [0.5, 0.6) is 0 Å². The average Bonchev–Trinajstić information content (AvgIpc) is 3.35. The van der Waals surface area contributed by atoms with Crippen LogP contribution in [0.4, 0.5) is 0 Å². The lowest BCUT2D eigenvalue weighted by Gasteiger charge is -2.18. The van der Waals surface area contributed by atoms with Crippen LogP contribution in [-0.4, -0.2) is 37.2 Å². The van der Waals surface area contributed by atoms with Gasteiger partial charge in [-0.15, -0.1) is 0 Å². The Morgan fingerprint density at radius 1 is 0.232 bits per heavy atom. The van der Waals surface area contributed by atoms with Gasteiger partial charge in [-0.2, -0.15) is 0 Å². The Kier molecular flexibility index (Phi) is 57.6. The van der Waals surface area contributed by atoms with Crippen molar-refractivity contribution >= 4 is 17.9 Å². The van der Waals surface area contributed by atoms with Crippen LogP contribution in [0, 0.1) is 0 Å². The smallest absolute Gasteiger partial charge is 0.306 e. The number of esters is 3. The van der Waals surface area contributed by atoms with Crippen molar-refractivity contribution in [2.45, 2.75) is 374 Å². The van der Waals surface area contributed by atoms with Crippen molar-refractivity contribution in [3.8, 4) is 0 Å².